The van der Waals surface area contributed by atoms with E-state index in [1.807, 2.05) is 23.5 Å². The molecule has 150 valence electrons. The van der Waals surface area contributed by atoms with Gasteiger partial charge < -0.3 is 47.3 Å². The molecule has 0 bridgehead atoms. The van der Waals surface area contributed by atoms with Crippen LogP contribution in [-0.2, 0) is 6.42 Å². The molecular weight excluding hydrogens is 374 g/mol. The summed E-state index contributed by atoms with van der Waals surface area (Å²) < 4.78 is 15.9. The molecule has 0 aromatic heterocycles. The van der Waals surface area contributed by atoms with E-state index in [2.05, 4.69) is 0 Å². The Kier molecular flexibility index (Phi) is 9.56. The van der Waals surface area contributed by atoms with Gasteiger partial charge in [-0.05, 0) is 29.8 Å². The van der Waals surface area contributed by atoms with Crippen molar-refractivity contribution in [2.75, 3.05) is 33.9 Å². The molecule has 0 heterocycles. The number of methoxy groups -OCH3 is 2. The summed E-state index contributed by atoms with van der Waals surface area (Å²) >= 11 is 0. The second-order valence-electron chi connectivity index (χ2n) is 5.87. The van der Waals surface area contributed by atoms with Gasteiger partial charge in [0.25, 0.3) is 0 Å². The van der Waals surface area contributed by atoms with Gasteiger partial charge in [0.15, 0.2) is 23.0 Å². The molecular formula is C19H26ClNO6. The maximum absolute atomic E-state index is 9.98. The number of phenols is 2. The summed E-state index contributed by atoms with van der Waals surface area (Å²) in [5.41, 5.74) is 1.13. The van der Waals surface area contributed by atoms with Crippen molar-refractivity contribution in [3.8, 4) is 28.7 Å². The number of benzene rings is 2. The normalized spacial score (nSPS) is 11.4. The van der Waals surface area contributed by atoms with E-state index in [1.165, 1.54) is 18.2 Å². The SMILES string of the molecule is COc1ccc(CC[NH2+]C[C@H](O)COc2ccc(O)c(O)c2)cc1OC.[Cl-]. The Morgan fingerprint density at radius 2 is 1.70 bits per heavy atom. The molecule has 7 nitrogen and oxygen atoms in total. The summed E-state index contributed by atoms with van der Waals surface area (Å²) in [4.78, 5) is 0. The van der Waals surface area contributed by atoms with E-state index in [1.54, 1.807) is 14.2 Å². The summed E-state index contributed by atoms with van der Waals surface area (Å²) in [6.45, 7) is 1.42. The van der Waals surface area contributed by atoms with Gasteiger partial charge in [0, 0.05) is 12.5 Å². The van der Waals surface area contributed by atoms with Crippen molar-refractivity contribution in [1.29, 1.82) is 0 Å². The molecule has 0 fully saturated rings. The van der Waals surface area contributed by atoms with Gasteiger partial charge in [-0.25, -0.2) is 0 Å². The standard InChI is InChI=1S/C19H25NO6.ClH/c1-24-18-6-3-13(9-19(18)25-2)7-8-20-11-14(21)12-26-15-4-5-16(22)17(23)10-15;/h3-6,9-10,14,20-23H,7-8,11-12H2,1-2H3;1H/t14-;/m0./s1. The molecule has 0 aliphatic heterocycles. The fourth-order valence-electron chi connectivity index (χ4n) is 2.47. The Balaban J connectivity index is 0.00000364. The molecule has 2 rings (SSSR count). The first-order valence-electron chi connectivity index (χ1n) is 8.39. The number of rotatable bonds is 10. The molecule has 0 aliphatic carbocycles. The molecule has 2 aromatic rings. The fraction of sp³-hybridized carbons (Fsp3) is 0.368. The minimum Gasteiger partial charge on any atom is -1.00 e. The van der Waals surface area contributed by atoms with Gasteiger partial charge in [-0.3, -0.25) is 0 Å². The molecule has 8 heteroatoms. The van der Waals surface area contributed by atoms with E-state index in [4.69, 9.17) is 14.2 Å². The summed E-state index contributed by atoms with van der Waals surface area (Å²) in [5.74, 6) is 1.34. The smallest absolute Gasteiger partial charge is 0.161 e. The van der Waals surface area contributed by atoms with Crippen LogP contribution < -0.4 is 31.9 Å². The fourth-order valence-corrected chi connectivity index (χ4v) is 2.47. The third kappa shape index (κ3) is 7.05. The lowest BCUT2D eigenvalue weighted by Gasteiger charge is -2.12. The van der Waals surface area contributed by atoms with Crippen LogP contribution in [0.15, 0.2) is 36.4 Å². The second kappa shape index (κ2) is 11.4. The van der Waals surface area contributed by atoms with E-state index in [0.717, 1.165) is 18.5 Å². The minimum absolute atomic E-state index is 0. The highest BCUT2D eigenvalue weighted by molar-refractivity contribution is 5.43. The summed E-state index contributed by atoms with van der Waals surface area (Å²) in [6.07, 6.45) is 0.191. The highest BCUT2D eigenvalue weighted by Gasteiger charge is 2.10. The largest absolute Gasteiger partial charge is 1.00 e. The van der Waals surface area contributed by atoms with Crippen LogP contribution >= 0.6 is 0 Å². The third-order valence-corrected chi connectivity index (χ3v) is 3.91. The summed E-state index contributed by atoms with van der Waals surface area (Å²) in [6, 6.07) is 10.00. The van der Waals surface area contributed by atoms with Gasteiger partial charge in [-0.2, -0.15) is 0 Å². The lowest BCUT2D eigenvalue weighted by atomic mass is 10.1. The van der Waals surface area contributed by atoms with Gasteiger partial charge in [0.2, 0.25) is 0 Å². The average Bonchev–Trinajstić information content (AvgIpc) is 2.66. The highest BCUT2D eigenvalue weighted by atomic mass is 35.5. The zero-order valence-corrected chi connectivity index (χ0v) is 16.1. The first-order valence-corrected chi connectivity index (χ1v) is 8.39. The van der Waals surface area contributed by atoms with Crippen LogP contribution in [0.1, 0.15) is 5.56 Å². The van der Waals surface area contributed by atoms with Gasteiger partial charge >= 0.3 is 0 Å². The molecule has 0 spiro atoms. The number of halogens is 1. The lowest BCUT2D eigenvalue weighted by Crippen LogP contribution is -3.00. The predicted octanol–water partition coefficient (Wildman–Crippen LogP) is -2.34. The molecule has 2 aromatic carbocycles. The van der Waals surface area contributed by atoms with Gasteiger partial charge in [-0.1, -0.05) is 6.07 Å². The number of hydrogen-bond acceptors (Lipinski definition) is 6. The molecule has 0 radical (unpaired) electrons. The molecule has 0 unspecified atom stereocenters. The predicted molar refractivity (Wildman–Crippen MR) is 96.2 cm³/mol. The van der Waals surface area contributed by atoms with Crippen LogP contribution in [0.3, 0.4) is 0 Å². The number of aromatic hydroxyl groups is 2. The van der Waals surface area contributed by atoms with Crippen LogP contribution in [0.25, 0.3) is 0 Å². The van der Waals surface area contributed by atoms with Crippen LogP contribution in [0.4, 0.5) is 0 Å². The van der Waals surface area contributed by atoms with Crippen LogP contribution in [0.2, 0.25) is 0 Å². The molecule has 5 N–H and O–H groups in total. The number of phenolic OH excluding ortho intramolecular Hbond substituents is 2. The Labute approximate surface area is 164 Å². The average molecular weight is 400 g/mol. The zero-order chi connectivity index (χ0) is 18.9. The Morgan fingerprint density at radius 3 is 2.37 bits per heavy atom. The monoisotopic (exact) mass is 399 g/mol. The number of quaternary nitrogens is 1. The summed E-state index contributed by atoms with van der Waals surface area (Å²) in [7, 11) is 3.21. The van der Waals surface area contributed by atoms with E-state index >= 15 is 0 Å². The van der Waals surface area contributed by atoms with Gasteiger partial charge in [0.05, 0.1) is 20.8 Å². The van der Waals surface area contributed by atoms with Crippen LogP contribution in [0, 0.1) is 0 Å². The topological polar surface area (TPSA) is 105 Å². The van der Waals surface area contributed by atoms with Crippen molar-refractivity contribution in [3.05, 3.63) is 42.0 Å². The zero-order valence-electron chi connectivity index (χ0n) is 15.4. The summed E-state index contributed by atoms with van der Waals surface area (Å²) in [5, 5.41) is 30.6. The molecule has 0 saturated carbocycles. The number of nitrogens with two attached hydrogens (primary N) is 1. The highest BCUT2D eigenvalue weighted by Crippen LogP contribution is 2.29. The van der Waals surface area contributed by atoms with Crippen molar-refractivity contribution < 1.29 is 47.3 Å². The van der Waals surface area contributed by atoms with E-state index < -0.39 is 6.10 Å². The number of aliphatic hydroxyl groups excluding tert-OH is 1. The maximum atomic E-state index is 9.98. The Morgan fingerprint density at radius 1 is 0.963 bits per heavy atom. The number of ether oxygens (including phenoxy) is 3. The molecule has 1 atom stereocenters. The van der Waals surface area contributed by atoms with Gasteiger partial charge in [0.1, 0.15) is 25.0 Å². The van der Waals surface area contributed by atoms with Crippen molar-refractivity contribution in [1.82, 2.24) is 0 Å². The Bertz CT molecular complexity index is 713. The minimum atomic E-state index is -0.642. The van der Waals surface area contributed by atoms with Crippen molar-refractivity contribution in [2.24, 2.45) is 0 Å². The Hall–Kier alpha value is -2.35. The van der Waals surface area contributed by atoms with Crippen LogP contribution in [-0.4, -0.2) is 55.3 Å². The molecule has 0 amide bonds. The van der Waals surface area contributed by atoms with E-state index in [0.29, 0.717) is 23.8 Å². The van der Waals surface area contributed by atoms with Crippen molar-refractivity contribution in [3.63, 3.8) is 0 Å². The maximum Gasteiger partial charge on any atom is 0.161 e. The van der Waals surface area contributed by atoms with Crippen molar-refractivity contribution >= 4 is 0 Å². The van der Waals surface area contributed by atoms with E-state index in [9.17, 15) is 15.3 Å². The molecule has 0 saturated heterocycles. The first kappa shape index (κ1) is 22.7. The lowest BCUT2D eigenvalue weighted by molar-refractivity contribution is -0.660. The van der Waals surface area contributed by atoms with Gasteiger partial charge in [-0.15, -0.1) is 0 Å². The molecule has 0 aliphatic rings. The van der Waals surface area contributed by atoms with Crippen molar-refractivity contribution in [2.45, 2.75) is 12.5 Å². The van der Waals surface area contributed by atoms with Crippen LogP contribution in [0.5, 0.6) is 28.7 Å². The second-order valence-corrected chi connectivity index (χ2v) is 5.87. The van der Waals surface area contributed by atoms with E-state index in [-0.39, 0.29) is 30.5 Å². The first-order chi connectivity index (χ1) is 12.5. The number of hydrogen-bond donors (Lipinski definition) is 4. The molecule has 27 heavy (non-hydrogen) atoms. The number of aliphatic hydroxyl groups is 1. The third-order valence-electron chi connectivity index (χ3n) is 3.91. The quantitative estimate of drug-likeness (QED) is 0.264.